The van der Waals surface area contributed by atoms with Gasteiger partial charge in [-0.05, 0) is 36.8 Å². The van der Waals surface area contributed by atoms with Gasteiger partial charge in [0.2, 0.25) is 0 Å². The van der Waals surface area contributed by atoms with Gasteiger partial charge in [-0.25, -0.2) is 0 Å². The summed E-state index contributed by atoms with van der Waals surface area (Å²) in [6, 6.07) is 8.92. The van der Waals surface area contributed by atoms with E-state index in [9.17, 15) is 0 Å². The molecule has 15 heavy (non-hydrogen) atoms. The number of nitrogens with two attached hydrogens (primary N) is 1. The minimum Gasteiger partial charge on any atom is -0.350 e. The highest BCUT2D eigenvalue weighted by atomic mass is 14.9. The van der Waals surface area contributed by atoms with Crippen molar-refractivity contribution in [3.63, 3.8) is 0 Å². The third-order valence-corrected chi connectivity index (χ3v) is 2.85. The predicted molar refractivity (Wildman–Crippen MR) is 64.9 cm³/mol. The van der Waals surface area contributed by atoms with E-state index in [-0.39, 0.29) is 6.04 Å². The number of benzene rings is 1. The lowest BCUT2D eigenvalue weighted by Crippen LogP contribution is -2.15. The van der Waals surface area contributed by atoms with Gasteiger partial charge in [0.15, 0.2) is 0 Å². The summed E-state index contributed by atoms with van der Waals surface area (Å²) in [6.45, 7) is 2.06. The van der Waals surface area contributed by atoms with Gasteiger partial charge in [0.05, 0.1) is 5.52 Å². The second-order valence-corrected chi connectivity index (χ2v) is 4.30. The monoisotopic (exact) mass is 202 g/mol. The van der Waals surface area contributed by atoms with Crippen LogP contribution in [0.4, 0.5) is 0 Å². The van der Waals surface area contributed by atoms with Crippen molar-refractivity contribution >= 4 is 10.9 Å². The molecule has 0 aliphatic rings. The van der Waals surface area contributed by atoms with Crippen molar-refractivity contribution in [1.29, 1.82) is 0 Å². The Kier molecular flexibility index (Phi) is 2.78. The number of hydrogen-bond acceptors (Lipinski definition) is 1. The van der Waals surface area contributed by atoms with Gasteiger partial charge in [-0.3, -0.25) is 0 Å². The molecule has 2 rings (SSSR count). The number of aryl methyl sites for hydroxylation is 2. The van der Waals surface area contributed by atoms with Gasteiger partial charge >= 0.3 is 0 Å². The highest BCUT2D eigenvalue weighted by molar-refractivity contribution is 5.83. The van der Waals surface area contributed by atoms with Crippen LogP contribution < -0.4 is 5.73 Å². The molecule has 1 aromatic heterocycles. The van der Waals surface area contributed by atoms with Crippen LogP contribution in [0.2, 0.25) is 0 Å². The van der Waals surface area contributed by atoms with Gasteiger partial charge in [0, 0.05) is 19.3 Å². The van der Waals surface area contributed by atoms with Gasteiger partial charge in [-0.2, -0.15) is 0 Å². The second kappa shape index (κ2) is 4.07. The highest BCUT2D eigenvalue weighted by Crippen LogP contribution is 2.20. The van der Waals surface area contributed by atoms with Gasteiger partial charge in [-0.15, -0.1) is 0 Å². The number of aromatic nitrogens is 1. The van der Waals surface area contributed by atoms with Gasteiger partial charge in [0.25, 0.3) is 0 Å². The van der Waals surface area contributed by atoms with E-state index >= 15 is 0 Å². The van der Waals surface area contributed by atoms with Crippen LogP contribution in [0.15, 0.2) is 30.5 Å². The van der Waals surface area contributed by atoms with Gasteiger partial charge < -0.3 is 10.3 Å². The van der Waals surface area contributed by atoms with E-state index < -0.39 is 0 Å². The van der Waals surface area contributed by atoms with Crippen LogP contribution in [0.25, 0.3) is 10.9 Å². The first kappa shape index (κ1) is 10.2. The summed E-state index contributed by atoms with van der Waals surface area (Å²) in [4.78, 5) is 0. The summed E-state index contributed by atoms with van der Waals surface area (Å²) < 4.78 is 2.19. The number of para-hydroxylation sites is 1. The van der Waals surface area contributed by atoms with Crippen LogP contribution in [0.3, 0.4) is 0 Å². The van der Waals surface area contributed by atoms with E-state index in [0.29, 0.717) is 0 Å². The van der Waals surface area contributed by atoms with Crippen molar-refractivity contribution in [3.8, 4) is 0 Å². The minimum absolute atomic E-state index is 0.278. The molecule has 80 valence electrons. The maximum absolute atomic E-state index is 5.79. The molecule has 1 heterocycles. The van der Waals surface area contributed by atoms with Crippen molar-refractivity contribution in [2.24, 2.45) is 12.8 Å². The largest absolute Gasteiger partial charge is 0.350 e. The SMILES string of the molecule is C[C@H](N)CCc1cccc2ccn(C)c12. The quantitative estimate of drug-likeness (QED) is 0.814. The van der Waals surface area contributed by atoms with E-state index in [1.54, 1.807) is 0 Å². The molecule has 0 aliphatic carbocycles. The van der Waals surface area contributed by atoms with Crippen LogP contribution in [-0.4, -0.2) is 10.6 Å². The third kappa shape index (κ3) is 2.05. The van der Waals surface area contributed by atoms with Crippen molar-refractivity contribution in [3.05, 3.63) is 36.0 Å². The fraction of sp³-hybridized carbons (Fsp3) is 0.385. The summed E-state index contributed by atoms with van der Waals surface area (Å²) >= 11 is 0. The summed E-state index contributed by atoms with van der Waals surface area (Å²) in [5.41, 5.74) is 8.54. The Morgan fingerprint density at radius 3 is 2.87 bits per heavy atom. The van der Waals surface area contributed by atoms with Gasteiger partial charge in [0.1, 0.15) is 0 Å². The Hall–Kier alpha value is -1.28. The van der Waals surface area contributed by atoms with Crippen molar-refractivity contribution in [2.75, 3.05) is 0 Å². The first-order valence-electron chi connectivity index (χ1n) is 5.47. The van der Waals surface area contributed by atoms with E-state index in [1.807, 2.05) is 0 Å². The molecule has 0 unspecified atom stereocenters. The van der Waals surface area contributed by atoms with Crippen molar-refractivity contribution in [2.45, 2.75) is 25.8 Å². The van der Waals surface area contributed by atoms with Crippen LogP contribution >= 0.6 is 0 Å². The van der Waals surface area contributed by atoms with E-state index in [1.165, 1.54) is 16.5 Å². The van der Waals surface area contributed by atoms with Crippen molar-refractivity contribution in [1.82, 2.24) is 4.57 Å². The molecule has 1 atom stereocenters. The molecule has 0 saturated heterocycles. The maximum Gasteiger partial charge on any atom is 0.0510 e. The Labute approximate surface area is 90.7 Å². The molecular formula is C13H18N2. The average Bonchev–Trinajstić information content (AvgIpc) is 2.58. The number of hydrogen-bond donors (Lipinski definition) is 1. The highest BCUT2D eigenvalue weighted by Gasteiger charge is 2.04. The molecule has 2 aromatic rings. The average molecular weight is 202 g/mol. The Bertz CT molecular complexity index is 455. The predicted octanol–water partition coefficient (Wildman–Crippen LogP) is 2.46. The van der Waals surface area contributed by atoms with Crippen LogP contribution in [-0.2, 0) is 13.5 Å². The standard InChI is InChI=1S/C13H18N2/c1-10(14)6-7-11-4-3-5-12-8-9-15(2)13(11)12/h3-5,8-10H,6-7,14H2,1-2H3/t10-/m0/s1. The first-order valence-corrected chi connectivity index (χ1v) is 5.47. The summed E-state index contributed by atoms with van der Waals surface area (Å²) in [6.07, 6.45) is 4.22. The van der Waals surface area contributed by atoms with E-state index in [0.717, 1.165) is 12.8 Å². The fourth-order valence-electron chi connectivity index (χ4n) is 2.03. The smallest absolute Gasteiger partial charge is 0.0510 e. The normalized spacial score (nSPS) is 13.3. The number of nitrogens with zero attached hydrogens (tertiary/aromatic N) is 1. The van der Waals surface area contributed by atoms with Gasteiger partial charge in [-0.1, -0.05) is 18.2 Å². The maximum atomic E-state index is 5.79. The summed E-state index contributed by atoms with van der Waals surface area (Å²) in [5.74, 6) is 0. The molecule has 0 spiro atoms. The molecule has 0 saturated carbocycles. The molecule has 2 N–H and O–H groups in total. The second-order valence-electron chi connectivity index (χ2n) is 4.30. The zero-order valence-electron chi connectivity index (χ0n) is 9.40. The van der Waals surface area contributed by atoms with Crippen LogP contribution in [0.5, 0.6) is 0 Å². The topological polar surface area (TPSA) is 30.9 Å². The van der Waals surface area contributed by atoms with Crippen molar-refractivity contribution < 1.29 is 0 Å². The fourth-order valence-corrected chi connectivity index (χ4v) is 2.03. The lowest BCUT2D eigenvalue weighted by atomic mass is 10.0. The summed E-state index contributed by atoms with van der Waals surface area (Å²) in [5, 5.41) is 1.32. The Morgan fingerprint density at radius 1 is 1.33 bits per heavy atom. The molecule has 0 amide bonds. The third-order valence-electron chi connectivity index (χ3n) is 2.85. The molecule has 1 aromatic carbocycles. The molecule has 0 radical (unpaired) electrons. The minimum atomic E-state index is 0.278. The summed E-state index contributed by atoms with van der Waals surface area (Å²) in [7, 11) is 2.09. The number of fused-ring (bicyclic) bond motifs is 1. The lowest BCUT2D eigenvalue weighted by molar-refractivity contribution is 0.666. The molecular weight excluding hydrogens is 184 g/mol. The molecule has 0 bridgehead atoms. The Balaban J connectivity index is 2.37. The van der Waals surface area contributed by atoms with E-state index in [4.69, 9.17) is 5.73 Å². The Morgan fingerprint density at radius 2 is 2.13 bits per heavy atom. The van der Waals surface area contributed by atoms with Crippen LogP contribution in [0, 0.1) is 0 Å². The van der Waals surface area contributed by atoms with E-state index in [2.05, 4.69) is 49.0 Å². The molecule has 2 nitrogen and oxygen atoms in total. The molecule has 2 heteroatoms. The molecule has 0 fully saturated rings. The zero-order chi connectivity index (χ0) is 10.8. The first-order chi connectivity index (χ1) is 7.18. The lowest BCUT2D eigenvalue weighted by Gasteiger charge is -2.08. The zero-order valence-corrected chi connectivity index (χ0v) is 9.40. The van der Waals surface area contributed by atoms with Crippen LogP contribution in [0.1, 0.15) is 18.9 Å². The molecule has 0 aliphatic heterocycles. The number of rotatable bonds is 3.